The molecule has 2 aliphatic rings. The van der Waals surface area contributed by atoms with Gasteiger partial charge in [-0.1, -0.05) is 12.8 Å². The lowest BCUT2D eigenvalue weighted by Gasteiger charge is -2.39. The second kappa shape index (κ2) is 2.96. The van der Waals surface area contributed by atoms with Crippen molar-refractivity contribution in [2.75, 3.05) is 0 Å². The molecule has 0 aromatic heterocycles. The van der Waals surface area contributed by atoms with Crippen LogP contribution in [0.2, 0.25) is 0 Å². The molecule has 1 saturated carbocycles. The summed E-state index contributed by atoms with van der Waals surface area (Å²) in [6, 6.07) is 0.384. The van der Waals surface area contributed by atoms with Crippen molar-refractivity contribution in [3.8, 4) is 0 Å². The highest BCUT2D eigenvalue weighted by Crippen LogP contribution is 2.30. The van der Waals surface area contributed by atoms with Gasteiger partial charge < -0.3 is 10.1 Å². The fraction of sp³-hybridized carbons (Fsp3) is 0.889. The van der Waals surface area contributed by atoms with Crippen molar-refractivity contribution in [2.45, 2.75) is 44.8 Å². The fourth-order valence-corrected chi connectivity index (χ4v) is 2.34. The van der Waals surface area contributed by atoms with Gasteiger partial charge in [0.15, 0.2) is 0 Å². The molecule has 1 aliphatic carbocycles. The van der Waals surface area contributed by atoms with Crippen LogP contribution in [0.1, 0.15) is 32.6 Å². The van der Waals surface area contributed by atoms with Gasteiger partial charge in [-0.25, -0.2) is 4.79 Å². The van der Waals surface area contributed by atoms with Crippen LogP contribution in [0.5, 0.6) is 0 Å². The summed E-state index contributed by atoms with van der Waals surface area (Å²) in [5.74, 6) is 0.552. The Morgan fingerprint density at radius 2 is 2.17 bits per heavy atom. The van der Waals surface area contributed by atoms with Gasteiger partial charge >= 0.3 is 6.09 Å². The molecule has 2 fully saturated rings. The SMILES string of the molecule is C[C@@H]1OC(=O)N[C@H]2CCCC[C@@H]21. The summed E-state index contributed by atoms with van der Waals surface area (Å²) < 4.78 is 5.11. The van der Waals surface area contributed by atoms with E-state index in [1.54, 1.807) is 0 Å². The van der Waals surface area contributed by atoms with Crippen molar-refractivity contribution in [1.82, 2.24) is 5.32 Å². The van der Waals surface area contributed by atoms with Crippen LogP contribution >= 0.6 is 0 Å². The van der Waals surface area contributed by atoms with Gasteiger partial charge in [0.2, 0.25) is 0 Å². The molecule has 1 saturated heterocycles. The summed E-state index contributed by atoms with van der Waals surface area (Å²) >= 11 is 0. The molecule has 0 aromatic carbocycles. The highest BCUT2D eigenvalue weighted by atomic mass is 16.6. The number of rotatable bonds is 0. The van der Waals surface area contributed by atoms with Crippen LogP contribution < -0.4 is 5.32 Å². The summed E-state index contributed by atoms with van der Waals surface area (Å²) in [6.07, 6.45) is 4.74. The van der Waals surface area contributed by atoms with E-state index in [-0.39, 0.29) is 12.2 Å². The van der Waals surface area contributed by atoms with E-state index in [2.05, 4.69) is 5.32 Å². The largest absolute Gasteiger partial charge is 0.446 e. The summed E-state index contributed by atoms with van der Waals surface area (Å²) in [7, 11) is 0. The van der Waals surface area contributed by atoms with E-state index in [1.807, 2.05) is 6.92 Å². The zero-order chi connectivity index (χ0) is 8.55. The molecule has 1 N–H and O–H groups in total. The summed E-state index contributed by atoms with van der Waals surface area (Å²) in [5.41, 5.74) is 0. The predicted octanol–water partition coefficient (Wildman–Crippen LogP) is 1.67. The Hall–Kier alpha value is -0.730. The van der Waals surface area contributed by atoms with Crippen molar-refractivity contribution < 1.29 is 9.53 Å². The van der Waals surface area contributed by atoms with E-state index in [9.17, 15) is 4.79 Å². The maximum Gasteiger partial charge on any atom is 0.407 e. The molecule has 0 spiro atoms. The smallest absolute Gasteiger partial charge is 0.407 e. The Morgan fingerprint density at radius 1 is 1.42 bits per heavy atom. The molecule has 12 heavy (non-hydrogen) atoms. The molecule has 1 heterocycles. The Morgan fingerprint density at radius 3 is 3.00 bits per heavy atom. The molecule has 0 bridgehead atoms. The van der Waals surface area contributed by atoms with Crippen molar-refractivity contribution in [2.24, 2.45) is 5.92 Å². The lowest BCUT2D eigenvalue weighted by Crippen LogP contribution is -2.52. The second-order valence-corrected chi connectivity index (χ2v) is 3.81. The first-order valence-corrected chi connectivity index (χ1v) is 4.74. The highest BCUT2D eigenvalue weighted by molar-refractivity contribution is 5.68. The lowest BCUT2D eigenvalue weighted by atomic mass is 9.81. The van der Waals surface area contributed by atoms with Gasteiger partial charge in [0.05, 0.1) is 0 Å². The van der Waals surface area contributed by atoms with Gasteiger partial charge in [-0.15, -0.1) is 0 Å². The molecular weight excluding hydrogens is 154 g/mol. The molecule has 1 amide bonds. The molecule has 3 atom stereocenters. The summed E-state index contributed by atoms with van der Waals surface area (Å²) in [6.45, 7) is 2.00. The van der Waals surface area contributed by atoms with Crippen LogP contribution in [-0.2, 0) is 4.74 Å². The van der Waals surface area contributed by atoms with E-state index < -0.39 is 0 Å². The van der Waals surface area contributed by atoms with Crippen molar-refractivity contribution >= 4 is 6.09 Å². The number of amides is 1. The number of nitrogens with one attached hydrogen (secondary N) is 1. The van der Waals surface area contributed by atoms with Crippen LogP contribution in [-0.4, -0.2) is 18.2 Å². The number of carbonyl (C=O) groups is 1. The summed E-state index contributed by atoms with van der Waals surface area (Å²) in [4.78, 5) is 11.0. The number of hydrogen-bond donors (Lipinski definition) is 1. The maximum atomic E-state index is 11.0. The average molecular weight is 169 g/mol. The van der Waals surface area contributed by atoms with Crippen LogP contribution in [0.4, 0.5) is 4.79 Å². The lowest BCUT2D eigenvalue weighted by molar-refractivity contribution is 0.0114. The average Bonchev–Trinajstić information content (AvgIpc) is 2.04. The Labute approximate surface area is 72.5 Å². The first-order chi connectivity index (χ1) is 5.77. The van der Waals surface area contributed by atoms with Crippen molar-refractivity contribution in [3.05, 3.63) is 0 Å². The first kappa shape index (κ1) is 7.90. The number of cyclic esters (lactones) is 1. The summed E-state index contributed by atoms with van der Waals surface area (Å²) in [5, 5.41) is 2.89. The molecule has 68 valence electrons. The standard InChI is InChI=1S/C9H15NO2/c1-6-7-4-2-3-5-8(7)10-9(11)12-6/h6-8H,2-5H2,1H3,(H,10,11)/t6-,7+,8-/m0/s1. The number of alkyl carbamates (subject to hydrolysis) is 1. The second-order valence-electron chi connectivity index (χ2n) is 3.81. The van der Waals surface area contributed by atoms with Gasteiger partial charge in [-0.2, -0.15) is 0 Å². The molecule has 1 aliphatic heterocycles. The number of carbonyl (C=O) groups excluding carboxylic acids is 1. The van der Waals surface area contributed by atoms with Gasteiger partial charge in [-0.3, -0.25) is 0 Å². The van der Waals surface area contributed by atoms with Crippen LogP contribution in [0.3, 0.4) is 0 Å². The molecule has 0 aromatic rings. The monoisotopic (exact) mass is 169 g/mol. The van der Waals surface area contributed by atoms with E-state index in [4.69, 9.17) is 4.74 Å². The van der Waals surface area contributed by atoms with Gasteiger partial charge in [-0.05, 0) is 19.8 Å². The Kier molecular flexibility index (Phi) is 1.95. The van der Waals surface area contributed by atoms with Crippen molar-refractivity contribution in [1.29, 1.82) is 0 Å². The topological polar surface area (TPSA) is 38.3 Å². The third-order valence-corrected chi connectivity index (χ3v) is 3.02. The minimum absolute atomic E-state index is 0.115. The first-order valence-electron chi connectivity index (χ1n) is 4.74. The molecule has 3 nitrogen and oxygen atoms in total. The molecule has 0 unspecified atom stereocenters. The van der Waals surface area contributed by atoms with Gasteiger partial charge in [0.25, 0.3) is 0 Å². The normalized spacial score (nSPS) is 41.1. The van der Waals surface area contributed by atoms with E-state index >= 15 is 0 Å². The minimum Gasteiger partial charge on any atom is -0.446 e. The van der Waals surface area contributed by atoms with Crippen LogP contribution in [0.15, 0.2) is 0 Å². The predicted molar refractivity (Wildman–Crippen MR) is 44.8 cm³/mol. The van der Waals surface area contributed by atoms with Gasteiger partial charge in [0.1, 0.15) is 6.10 Å². The molecule has 3 heteroatoms. The molecule has 0 radical (unpaired) electrons. The molecule has 2 rings (SSSR count). The van der Waals surface area contributed by atoms with E-state index in [0.29, 0.717) is 12.0 Å². The maximum absolute atomic E-state index is 11.0. The van der Waals surface area contributed by atoms with Crippen molar-refractivity contribution in [3.63, 3.8) is 0 Å². The number of hydrogen-bond acceptors (Lipinski definition) is 2. The molecular formula is C9H15NO2. The zero-order valence-corrected chi connectivity index (χ0v) is 7.38. The van der Waals surface area contributed by atoms with Crippen LogP contribution in [0.25, 0.3) is 0 Å². The fourth-order valence-electron chi connectivity index (χ4n) is 2.34. The Bertz CT molecular complexity index is 193. The highest BCUT2D eigenvalue weighted by Gasteiger charge is 2.36. The zero-order valence-electron chi connectivity index (χ0n) is 7.38. The van der Waals surface area contributed by atoms with Crippen LogP contribution in [0, 0.1) is 5.92 Å². The minimum atomic E-state index is -0.231. The van der Waals surface area contributed by atoms with Gasteiger partial charge in [0, 0.05) is 12.0 Å². The number of ether oxygens (including phenoxy) is 1. The quantitative estimate of drug-likeness (QED) is 0.599. The number of fused-ring (bicyclic) bond motifs is 1. The third-order valence-electron chi connectivity index (χ3n) is 3.02. The van der Waals surface area contributed by atoms with E-state index in [0.717, 1.165) is 6.42 Å². The third kappa shape index (κ3) is 1.28. The Balaban J connectivity index is 2.06. The van der Waals surface area contributed by atoms with E-state index in [1.165, 1.54) is 19.3 Å².